The van der Waals surface area contributed by atoms with Gasteiger partial charge in [-0.15, -0.1) is 54.1 Å². The Bertz CT molecular complexity index is 1720. The monoisotopic (exact) mass is 719 g/mol. The fourth-order valence-electron chi connectivity index (χ4n) is 4.74. The molecule has 0 saturated heterocycles. The van der Waals surface area contributed by atoms with Gasteiger partial charge in [-0.3, -0.25) is 0 Å². The summed E-state index contributed by atoms with van der Waals surface area (Å²) in [6.07, 6.45) is 3.79. The second kappa shape index (κ2) is 12.4. The van der Waals surface area contributed by atoms with Crippen molar-refractivity contribution >= 4 is 35.2 Å². The van der Waals surface area contributed by atoms with Gasteiger partial charge in [-0.1, -0.05) is 85.5 Å². The summed E-state index contributed by atoms with van der Waals surface area (Å²) < 4.78 is 6.26. The number of pyridine rings is 2. The molecule has 0 saturated carbocycles. The van der Waals surface area contributed by atoms with Gasteiger partial charge < -0.3 is 14.4 Å². The zero-order valence-corrected chi connectivity index (χ0v) is 27.3. The van der Waals surface area contributed by atoms with E-state index in [1.807, 2.05) is 48.8 Å². The molecule has 0 aliphatic rings. The SMILES string of the molecule is CC(C)c1ccc(-c2[c-]cccc2)nc1.Cc1ccnc(-c2[c-]ccc3c2oc2cccc([Si](C)(C)C)c23)c1.[Ir]. The third-order valence-electron chi connectivity index (χ3n) is 6.87. The van der Waals surface area contributed by atoms with Gasteiger partial charge in [-0.05, 0) is 41.9 Å². The van der Waals surface area contributed by atoms with Gasteiger partial charge in [0.2, 0.25) is 0 Å². The Hall–Kier alpha value is -3.37. The number of aryl methyl sites for hydroxylation is 1. The van der Waals surface area contributed by atoms with Crippen LogP contribution in [0.4, 0.5) is 0 Å². The van der Waals surface area contributed by atoms with Crippen LogP contribution in [0.2, 0.25) is 19.6 Å². The van der Waals surface area contributed by atoms with Gasteiger partial charge >= 0.3 is 0 Å². The second-order valence-electron chi connectivity index (χ2n) is 11.3. The molecule has 0 amide bonds. The fraction of sp³-hybridized carbons (Fsp3) is 0.200. The Morgan fingerprint density at radius 1 is 0.825 bits per heavy atom. The Balaban J connectivity index is 0.000000200. The summed E-state index contributed by atoms with van der Waals surface area (Å²) in [4.78, 5) is 8.96. The van der Waals surface area contributed by atoms with Crippen molar-refractivity contribution in [1.29, 1.82) is 0 Å². The van der Waals surface area contributed by atoms with Crippen molar-refractivity contribution in [3.8, 4) is 22.5 Å². The quantitative estimate of drug-likeness (QED) is 0.135. The van der Waals surface area contributed by atoms with Crippen molar-refractivity contribution in [2.75, 3.05) is 0 Å². The number of hydrogen-bond acceptors (Lipinski definition) is 3. The molecule has 205 valence electrons. The normalized spacial score (nSPS) is 11.3. The number of hydrogen-bond donors (Lipinski definition) is 0. The maximum absolute atomic E-state index is 6.26. The van der Waals surface area contributed by atoms with E-state index in [0.29, 0.717) is 5.92 Å². The summed E-state index contributed by atoms with van der Waals surface area (Å²) in [5, 5.41) is 3.86. The first kappa shape index (κ1) is 29.6. The summed E-state index contributed by atoms with van der Waals surface area (Å²) in [6.45, 7) is 13.5. The third kappa shape index (κ3) is 6.33. The number of benzene rings is 3. The Morgan fingerprint density at radius 3 is 2.30 bits per heavy atom. The molecule has 6 aromatic rings. The van der Waals surface area contributed by atoms with Gasteiger partial charge in [0.05, 0.1) is 13.7 Å². The minimum absolute atomic E-state index is 0. The Kier molecular flexibility index (Phi) is 9.20. The first-order valence-corrected chi connectivity index (χ1v) is 16.9. The van der Waals surface area contributed by atoms with Crippen LogP contribution < -0.4 is 5.19 Å². The number of nitrogens with zero attached hydrogens (tertiary/aromatic N) is 2. The van der Waals surface area contributed by atoms with Gasteiger partial charge in [0.15, 0.2) is 0 Å². The molecule has 5 heteroatoms. The molecular weight excluding hydrogens is 685 g/mol. The van der Waals surface area contributed by atoms with E-state index in [0.717, 1.165) is 33.7 Å². The molecular formula is C35H34IrN2OSi-2. The number of furan rings is 1. The maximum Gasteiger partial charge on any atom is 0.120 e. The van der Waals surface area contributed by atoms with Crippen LogP contribution in [0.5, 0.6) is 0 Å². The molecule has 0 unspecified atom stereocenters. The minimum atomic E-state index is -1.47. The average Bonchev–Trinajstić information content (AvgIpc) is 3.32. The van der Waals surface area contributed by atoms with Crippen LogP contribution >= 0.6 is 0 Å². The molecule has 6 rings (SSSR count). The predicted octanol–water partition coefficient (Wildman–Crippen LogP) is 8.97. The molecule has 1 radical (unpaired) electrons. The third-order valence-corrected chi connectivity index (χ3v) is 8.91. The van der Waals surface area contributed by atoms with Crippen LogP contribution in [-0.2, 0) is 20.1 Å². The molecule has 0 atom stereocenters. The van der Waals surface area contributed by atoms with Gasteiger partial charge in [0.25, 0.3) is 0 Å². The Morgan fingerprint density at radius 2 is 1.65 bits per heavy atom. The summed E-state index contributed by atoms with van der Waals surface area (Å²) in [5.74, 6) is 0.534. The topological polar surface area (TPSA) is 38.9 Å². The van der Waals surface area contributed by atoms with Gasteiger partial charge in [-0.25, -0.2) is 0 Å². The molecule has 3 aromatic heterocycles. The summed E-state index contributed by atoms with van der Waals surface area (Å²) >= 11 is 0. The first-order valence-electron chi connectivity index (χ1n) is 13.4. The van der Waals surface area contributed by atoms with Crippen LogP contribution in [0, 0.1) is 19.1 Å². The van der Waals surface area contributed by atoms with Crippen molar-refractivity contribution in [3.05, 3.63) is 115 Å². The summed E-state index contributed by atoms with van der Waals surface area (Å²) in [5.41, 5.74) is 8.18. The van der Waals surface area contributed by atoms with E-state index in [-0.39, 0.29) is 20.1 Å². The van der Waals surface area contributed by atoms with E-state index in [4.69, 9.17) is 4.42 Å². The van der Waals surface area contributed by atoms with E-state index >= 15 is 0 Å². The average molecular weight is 719 g/mol. The molecule has 3 heterocycles. The number of aromatic nitrogens is 2. The van der Waals surface area contributed by atoms with Crippen LogP contribution in [0.15, 0.2) is 95.7 Å². The summed E-state index contributed by atoms with van der Waals surface area (Å²) in [6, 6.07) is 33.2. The smallest absolute Gasteiger partial charge is 0.120 e. The molecule has 3 aromatic carbocycles. The first-order chi connectivity index (χ1) is 18.7. The fourth-order valence-corrected chi connectivity index (χ4v) is 6.34. The van der Waals surface area contributed by atoms with Crippen LogP contribution in [0.3, 0.4) is 0 Å². The van der Waals surface area contributed by atoms with Crippen molar-refractivity contribution in [3.63, 3.8) is 0 Å². The zero-order chi connectivity index (χ0) is 27.6. The molecule has 0 fully saturated rings. The van der Waals surface area contributed by atoms with Crippen molar-refractivity contribution in [1.82, 2.24) is 9.97 Å². The molecule has 0 aliphatic carbocycles. The largest absolute Gasteiger partial charge is 0.501 e. The molecule has 40 heavy (non-hydrogen) atoms. The maximum atomic E-state index is 6.26. The zero-order valence-electron chi connectivity index (χ0n) is 23.9. The van der Waals surface area contributed by atoms with Crippen LogP contribution in [0.25, 0.3) is 44.5 Å². The van der Waals surface area contributed by atoms with Crippen molar-refractivity contribution in [2.24, 2.45) is 0 Å². The molecule has 0 bridgehead atoms. The summed E-state index contributed by atoms with van der Waals surface area (Å²) in [7, 11) is -1.47. The molecule has 0 N–H and O–H groups in total. The second-order valence-corrected chi connectivity index (χ2v) is 16.3. The molecule has 0 spiro atoms. The minimum Gasteiger partial charge on any atom is -0.501 e. The number of rotatable bonds is 4. The van der Waals surface area contributed by atoms with E-state index in [1.54, 1.807) is 0 Å². The van der Waals surface area contributed by atoms with Crippen molar-refractivity contribution < 1.29 is 24.5 Å². The van der Waals surface area contributed by atoms with Crippen LogP contribution in [0.1, 0.15) is 30.9 Å². The van der Waals surface area contributed by atoms with Gasteiger partial charge in [0, 0.05) is 37.9 Å². The predicted molar refractivity (Wildman–Crippen MR) is 166 cm³/mol. The standard InChI is InChI=1S/C21H20NOSi.C14H14N.Ir/c1-14-11-12-22-17(13-14)15-7-5-8-16-20-18(23-21(15)16)9-6-10-19(20)24(2,3)4;1-11(2)13-8-9-14(15-10-13)12-6-4-3-5-7-12;/h5-6,8-13H,1-4H3;3-6,8-11H,1-2H3;/q2*-1;. The molecule has 3 nitrogen and oxygen atoms in total. The van der Waals surface area contributed by atoms with E-state index < -0.39 is 8.07 Å². The van der Waals surface area contributed by atoms with E-state index in [1.165, 1.54) is 27.1 Å². The molecule has 0 aliphatic heterocycles. The van der Waals surface area contributed by atoms with Gasteiger partial charge in [-0.2, -0.15) is 0 Å². The Labute approximate surface area is 252 Å². The van der Waals surface area contributed by atoms with Crippen LogP contribution in [-0.4, -0.2) is 18.0 Å². The van der Waals surface area contributed by atoms with Crippen molar-refractivity contribution in [2.45, 2.75) is 46.3 Å². The number of fused-ring (bicyclic) bond motifs is 3. The van der Waals surface area contributed by atoms with E-state index in [2.05, 4.69) is 105 Å². The van der Waals surface area contributed by atoms with Gasteiger partial charge in [0.1, 0.15) is 5.58 Å². The van der Waals surface area contributed by atoms with E-state index in [9.17, 15) is 0 Å².